The van der Waals surface area contributed by atoms with Gasteiger partial charge in [-0.05, 0) is 51.7 Å². The Morgan fingerprint density at radius 3 is 2.70 bits per heavy atom. The molecule has 6 atom stereocenters. The van der Waals surface area contributed by atoms with E-state index in [0.717, 1.165) is 5.56 Å². The van der Waals surface area contributed by atoms with Gasteiger partial charge in [0, 0.05) is 0 Å². The van der Waals surface area contributed by atoms with E-state index in [1.165, 1.54) is 4.90 Å². The van der Waals surface area contributed by atoms with Crippen LogP contribution in [0, 0.1) is 18.8 Å². The lowest BCUT2D eigenvalue weighted by Gasteiger charge is -2.36. The summed E-state index contributed by atoms with van der Waals surface area (Å²) in [7, 11) is 0. The molecule has 3 aliphatic rings. The van der Waals surface area contributed by atoms with Gasteiger partial charge in [-0.25, -0.2) is 0 Å². The van der Waals surface area contributed by atoms with E-state index in [0.29, 0.717) is 30.0 Å². The quantitative estimate of drug-likeness (QED) is 0.584. The van der Waals surface area contributed by atoms with Gasteiger partial charge in [-0.1, -0.05) is 30.7 Å². The van der Waals surface area contributed by atoms with Gasteiger partial charge in [0.1, 0.15) is 17.6 Å². The summed E-state index contributed by atoms with van der Waals surface area (Å²) in [6.07, 6.45) is 1.42. The number of fused-ring (bicyclic) bond motifs is 1. The number of nitrogens with one attached hydrogen (secondary N) is 1. The Bertz CT molecular complexity index is 961. The molecule has 9 heteroatoms. The zero-order valence-electron chi connectivity index (χ0n) is 19.4. The summed E-state index contributed by atoms with van der Waals surface area (Å²) in [5.74, 6) is -2.94. The number of rotatable bonds is 7. The largest absolute Gasteiger partial charge is 0.466 e. The van der Waals surface area contributed by atoms with Gasteiger partial charge >= 0.3 is 5.97 Å². The van der Waals surface area contributed by atoms with Crippen molar-refractivity contribution in [1.82, 2.24) is 4.90 Å². The van der Waals surface area contributed by atoms with Crippen molar-refractivity contribution in [2.75, 3.05) is 18.5 Å². The molecule has 1 aromatic rings. The second kappa shape index (κ2) is 8.56. The third-order valence-electron chi connectivity index (χ3n) is 7.55. The first-order chi connectivity index (χ1) is 15.6. The maximum Gasteiger partial charge on any atom is 0.312 e. The van der Waals surface area contributed by atoms with E-state index in [4.69, 9.17) is 21.1 Å². The van der Waals surface area contributed by atoms with Gasteiger partial charge in [0.25, 0.3) is 0 Å². The number of halogens is 1. The van der Waals surface area contributed by atoms with Gasteiger partial charge in [-0.15, -0.1) is 0 Å². The number of aliphatic hydroxyl groups excluding tert-OH is 1. The minimum Gasteiger partial charge on any atom is -0.466 e. The van der Waals surface area contributed by atoms with Gasteiger partial charge in [-0.3, -0.25) is 14.4 Å². The monoisotopic (exact) mass is 478 g/mol. The van der Waals surface area contributed by atoms with E-state index >= 15 is 0 Å². The number of anilines is 1. The number of aryl methyl sites for hydroxylation is 1. The van der Waals surface area contributed by atoms with Crippen LogP contribution in [0.15, 0.2) is 18.2 Å². The standard InChI is InChI=1S/C24H31ClN2O6/c1-5-14(12-28)27-19(20(29)26-18-13(3)8-7-9-15(18)25)24-11-10-23(4,33-24)17(16(24)21(27)30)22(31)32-6-2/h7-9,14,16-17,19,28H,5-6,10-12H2,1-4H3,(H,26,29)/t14-,16-,17-,19?,23+,24?/m0/s1. The molecule has 1 spiro atoms. The number of hydrogen-bond acceptors (Lipinski definition) is 6. The third kappa shape index (κ3) is 3.45. The molecule has 0 radical (unpaired) electrons. The average Bonchev–Trinajstić information content (AvgIpc) is 3.33. The molecule has 3 heterocycles. The number of ether oxygens (including phenoxy) is 2. The number of likely N-dealkylation sites (tertiary alicyclic amines) is 1. The highest BCUT2D eigenvalue weighted by Crippen LogP contribution is 2.63. The molecule has 33 heavy (non-hydrogen) atoms. The highest BCUT2D eigenvalue weighted by molar-refractivity contribution is 6.34. The highest BCUT2D eigenvalue weighted by atomic mass is 35.5. The predicted octanol–water partition coefficient (Wildman–Crippen LogP) is 2.69. The SMILES string of the molecule is CCOC(=O)[C@@H]1[C@H]2C(=O)N([C@@H](CC)CO)C(C(=O)Nc3c(C)cccc3Cl)C23CC[C@@]1(C)O3. The van der Waals surface area contributed by atoms with Gasteiger partial charge in [0.15, 0.2) is 0 Å². The molecule has 3 fully saturated rings. The maximum atomic E-state index is 13.8. The Balaban J connectivity index is 1.79. The minimum absolute atomic E-state index is 0.187. The van der Waals surface area contributed by atoms with Crippen LogP contribution in [-0.2, 0) is 23.9 Å². The Morgan fingerprint density at radius 1 is 1.36 bits per heavy atom. The van der Waals surface area contributed by atoms with E-state index in [1.54, 1.807) is 19.1 Å². The Morgan fingerprint density at radius 2 is 2.09 bits per heavy atom. The summed E-state index contributed by atoms with van der Waals surface area (Å²) >= 11 is 6.34. The number of nitrogens with zero attached hydrogens (tertiary/aromatic N) is 1. The number of benzene rings is 1. The third-order valence-corrected chi connectivity index (χ3v) is 7.86. The van der Waals surface area contributed by atoms with Gasteiger partial charge < -0.3 is 24.8 Å². The Labute approximate surface area is 198 Å². The van der Waals surface area contributed by atoms with Crippen LogP contribution in [0.4, 0.5) is 5.69 Å². The number of para-hydroxylation sites is 1. The lowest BCUT2D eigenvalue weighted by molar-refractivity contribution is -0.160. The van der Waals surface area contributed by atoms with Crippen molar-refractivity contribution in [1.29, 1.82) is 0 Å². The first kappa shape index (κ1) is 24.0. The maximum absolute atomic E-state index is 13.8. The fourth-order valence-corrected chi connectivity index (χ4v) is 6.31. The molecule has 8 nitrogen and oxygen atoms in total. The molecule has 4 rings (SSSR count). The van der Waals surface area contributed by atoms with Crippen LogP contribution in [-0.4, -0.2) is 64.3 Å². The van der Waals surface area contributed by atoms with Gasteiger partial charge in [0.05, 0.1) is 41.5 Å². The van der Waals surface area contributed by atoms with Crippen LogP contribution in [0.1, 0.15) is 45.6 Å². The van der Waals surface area contributed by atoms with Gasteiger partial charge in [-0.2, -0.15) is 0 Å². The molecule has 180 valence electrons. The van der Waals surface area contributed by atoms with Crippen LogP contribution in [0.5, 0.6) is 0 Å². The smallest absolute Gasteiger partial charge is 0.312 e. The average molecular weight is 479 g/mol. The minimum atomic E-state index is -1.18. The van der Waals surface area contributed by atoms with Crippen LogP contribution in [0.25, 0.3) is 0 Å². The second-order valence-corrected chi connectivity index (χ2v) is 9.80. The van der Waals surface area contributed by atoms with Crippen molar-refractivity contribution < 1.29 is 29.0 Å². The summed E-state index contributed by atoms with van der Waals surface area (Å²) in [6.45, 7) is 7.09. The Hall–Kier alpha value is -2.16. The van der Waals surface area contributed by atoms with Crippen LogP contribution < -0.4 is 5.32 Å². The molecule has 2 N–H and O–H groups in total. The van der Waals surface area contributed by atoms with Crippen molar-refractivity contribution in [2.45, 2.75) is 70.2 Å². The summed E-state index contributed by atoms with van der Waals surface area (Å²) < 4.78 is 11.8. The molecule has 0 aliphatic carbocycles. The van der Waals surface area contributed by atoms with E-state index in [2.05, 4.69) is 5.32 Å². The lowest BCUT2D eigenvalue weighted by Crippen LogP contribution is -2.56. The van der Waals surface area contributed by atoms with Crippen molar-refractivity contribution in [3.8, 4) is 0 Å². The number of carbonyl (C=O) groups is 3. The van der Waals surface area contributed by atoms with Crippen LogP contribution in [0.3, 0.4) is 0 Å². The first-order valence-electron chi connectivity index (χ1n) is 11.5. The van der Waals surface area contributed by atoms with Crippen molar-refractivity contribution >= 4 is 35.1 Å². The summed E-state index contributed by atoms with van der Waals surface area (Å²) in [4.78, 5) is 42.0. The van der Waals surface area contributed by atoms with E-state index in [1.807, 2.05) is 26.8 Å². The van der Waals surface area contributed by atoms with Crippen molar-refractivity contribution in [3.63, 3.8) is 0 Å². The molecule has 0 saturated carbocycles. The fourth-order valence-electron chi connectivity index (χ4n) is 6.04. The summed E-state index contributed by atoms with van der Waals surface area (Å²) in [5.41, 5.74) is -0.819. The summed E-state index contributed by atoms with van der Waals surface area (Å²) in [6, 6.07) is 3.71. The molecule has 1 aromatic carbocycles. The predicted molar refractivity (Wildman–Crippen MR) is 122 cm³/mol. The number of aliphatic hydroxyl groups is 1. The van der Waals surface area contributed by atoms with E-state index < -0.39 is 47.0 Å². The molecule has 2 unspecified atom stereocenters. The van der Waals surface area contributed by atoms with E-state index in [-0.39, 0.29) is 19.1 Å². The molecule has 2 bridgehead atoms. The molecule has 2 amide bonds. The first-order valence-corrected chi connectivity index (χ1v) is 11.9. The van der Waals surface area contributed by atoms with Crippen molar-refractivity contribution in [2.24, 2.45) is 11.8 Å². The normalized spacial score (nSPS) is 33.2. The molecule has 3 aliphatic heterocycles. The zero-order valence-corrected chi connectivity index (χ0v) is 20.1. The number of hydrogen-bond donors (Lipinski definition) is 2. The molecule has 0 aromatic heterocycles. The van der Waals surface area contributed by atoms with Gasteiger partial charge in [0.2, 0.25) is 11.8 Å². The highest BCUT2D eigenvalue weighted by Gasteiger charge is 2.78. The summed E-state index contributed by atoms with van der Waals surface area (Å²) in [5, 5.41) is 13.3. The number of amides is 2. The zero-order chi connectivity index (χ0) is 24.1. The van der Waals surface area contributed by atoms with E-state index in [9.17, 15) is 19.5 Å². The molecular formula is C24H31ClN2O6. The van der Waals surface area contributed by atoms with Crippen molar-refractivity contribution in [3.05, 3.63) is 28.8 Å². The Kier molecular flexibility index (Phi) is 6.22. The number of esters is 1. The lowest BCUT2D eigenvalue weighted by atomic mass is 9.66. The molecule has 3 saturated heterocycles. The van der Waals surface area contributed by atoms with Crippen LogP contribution >= 0.6 is 11.6 Å². The topological polar surface area (TPSA) is 105 Å². The fraction of sp³-hybridized carbons (Fsp3) is 0.625. The number of carbonyl (C=O) groups excluding carboxylic acids is 3. The second-order valence-electron chi connectivity index (χ2n) is 9.39. The van der Waals surface area contributed by atoms with Crippen LogP contribution in [0.2, 0.25) is 5.02 Å². The molecular weight excluding hydrogens is 448 g/mol.